The fourth-order valence-corrected chi connectivity index (χ4v) is 4.81. The first-order valence-electron chi connectivity index (χ1n) is 8.45. The van der Waals surface area contributed by atoms with Crippen molar-refractivity contribution in [3.63, 3.8) is 0 Å². The molecule has 24 heavy (non-hydrogen) atoms. The van der Waals surface area contributed by atoms with Crippen LogP contribution in [0.1, 0.15) is 63.2 Å². The molecule has 0 amide bonds. The second-order valence-electron chi connectivity index (χ2n) is 7.66. The number of hydrogen-bond acceptors (Lipinski definition) is 4. The second-order valence-corrected chi connectivity index (χ2v) is 8.74. The van der Waals surface area contributed by atoms with Crippen molar-refractivity contribution in [2.45, 2.75) is 65.3 Å². The molecule has 0 fully saturated rings. The Morgan fingerprint density at radius 2 is 2.08 bits per heavy atom. The third-order valence-corrected chi connectivity index (χ3v) is 6.10. The number of carbonyl (C=O) groups is 1. The van der Waals surface area contributed by atoms with Crippen molar-refractivity contribution in [2.75, 3.05) is 0 Å². The van der Waals surface area contributed by atoms with Gasteiger partial charge < -0.3 is 5.11 Å². The summed E-state index contributed by atoms with van der Waals surface area (Å²) in [4.78, 5) is 31.8. The number of carboxylic acid groups (broad SMARTS) is 1. The molecule has 130 valence electrons. The standard InChI is InChI=1S/C18H24N2O3S/c1-9(2)14-19-15-13(11-7-6-10(3)8-12(11)24-15)16(21)20(14)18(4,5)17(22)23/h9-10H,6-8H2,1-5H3,(H,22,23). The van der Waals surface area contributed by atoms with Gasteiger partial charge in [-0.1, -0.05) is 20.8 Å². The molecule has 1 unspecified atom stereocenters. The van der Waals surface area contributed by atoms with E-state index in [4.69, 9.17) is 4.98 Å². The molecular formula is C18H24N2O3S. The maximum Gasteiger partial charge on any atom is 0.329 e. The molecule has 0 radical (unpaired) electrons. The van der Waals surface area contributed by atoms with Crippen LogP contribution < -0.4 is 5.56 Å². The first-order chi connectivity index (χ1) is 11.1. The normalized spacial score (nSPS) is 18.2. The monoisotopic (exact) mass is 348 g/mol. The van der Waals surface area contributed by atoms with Gasteiger partial charge in [0.15, 0.2) is 0 Å². The van der Waals surface area contributed by atoms with Crippen molar-refractivity contribution < 1.29 is 9.90 Å². The van der Waals surface area contributed by atoms with E-state index >= 15 is 0 Å². The van der Waals surface area contributed by atoms with E-state index in [2.05, 4.69) is 6.92 Å². The molecule has 0 saturated carbocycles. The van der Waals surface area contributed by atoms with Crippen LogP contribution in [0.2, 0.25) is 0 Å². The molecule has 5 nitrogen and oxygen atoms in total. The molecule has 0 aromatic carbocycles. The lowest BCUT2D eigenvalue weighted by molar-refractivity contribution is -0.146. The van der Waals surface area contributed by atoms with Crippen LogP contribution in [0, 0.1) is 5.92 Å². The van der Waals surface area contributed by atoms with Crippen molar-refractivity contribution in [3.8, 4) is 0 Å². The third kappa shape index (κ3) is 2.48. The van der Waals surface area contributed by atoms with Gasteiger partial charge in [0.1, 0.15) is 16.2 Å². The van der Waals surface area contributed by atoms with Crippen molar-refractivity contribution >= 4 is 27.5 Å². The van der Waals surface area contributed by atoms with E-state index in [-0.39, 0.29) is 11.5 Å². The van der Waals surface area contributed by atoms with Gasteiger partial charge in [-0.05, 0) is 44.6 Å². The van der Waals surface area contributed by atoms with E-state index in [0.717, 1.165) is 29.7 Å². The average Bonchev–Trinajstić information content (AvgIpc) is 2.83. The van der Waals surface area contributed by atoms with E-state index in [9.17, 15) is 14.7 Å². The van der Waals surface area contributed by atoms with Gasteiger partial charge in [-0.25, -0.2) is 9.78 Å². The van der Waals surface area contributed by atoms with Crippen molar-refractivity contribution in [3.05, 3.63) is 26.6 Å². The van der Waals surface area contributed by atoms with E-state index < -0.39 is 11.5 Å². The van der Waals surface area contributed by atoms with Gasteiger partial charge in [-0.2, -0.15) is 0 Å². The van der Waals surface area contributed by atoms with Gasteiger partial charge in [-0.3, -0.25) is 9.36 Å². The lowest BCUT2D eigenvalue weighted by Crippen LogP contribution is -2.45. The molecule has 0 aliphatic heterocycles. The topological polar surface area (TPSA) is 72.2 Å². The Bertz CT molecular complexity index is 876. The molecule has 2 aromatic heterocycles. The summed E-state index contributed by atoms with van der Waals surface area (Å²) in [5, 5.41) is 10.3. The minimum atomic E-state index is -1.32. The summed E-state index contributed by atoms with van der Waals surface area (Å²) in [6.07, 6.45) is 2.92. The molecule has 2 aromatic rings. The maximum atomic E-state index is 13.3. The number of thiophene rings is 1. The highest BCUT2D eigenvalue weighted by molar-refractivity contribution is 7.18. The maximum absolute atomic E-state index is 13.3. The number of fused-ring (bicyclic) bond motifs is 3. The lowest BCUT2D eigenvalue weighted by atomic mass is 9.89. The van der Waals surface area contributed by atoms with Gasteiger partial charge >= 0.3 is 5.97 Å². The van der Waals surface area contributed by atoms with Gasteiger partial charge in [-0.15, -0.1) is 11.3 Å². The van der Waals surface area contributed by atoms with Crippen LogP contribution in [0.3, 0.4) is 0 Å². The molecule has 3 rings (SSSR count). The van der Waals surface area contributed by atoms with Gasteiger partial charge in [0, 0.05) is 10.8 Å². The Balaban J connectivity index is 2.39. The van der Waals surface area contributed by atoms with Gasteiger partial charge in [0.25, 0.3) is 5.56 Å². The van der Waals surface area contributed by atoms with Crippen LogP contribution in [-0.4, -0.2) is 20.6 Å². The Kier molecular flexibility index (Phi) is 4.06. The fraction of sp³-hybridized carbons (Fsp3) is 0.611. The largest absolute Gasteiger partial charge is 0.480 e. The average molecular weight is 348 g/mol. The van der Waals surface area contributed by atoms with Crippen molar-refractivity contribution in [1.29, 1.82) is 0 Å². The highest BCUT2D eigenvalue weighted by atomic mass is 32.1. The molecule has 0 bridgehead atoms. The van der Waals surface area contributed by atoms with Crippen molar-refractivity contribution in [1.82, 2.24) is 9.55 Å². The number of aliphatic carboxylic acids is 1. The molecule has 1 aliphatic carbocycles. The zero-order valence-electron chi connectivity index (χ0n) is 14.8. The summed E-state index contributed by atoms with van der Waals surface area (Å²) in [6, 6.07) is 0. The number of aromatic nitrogens is 2. The smallest absolute Gasteiger partial charge is 0.329 e. The summed E-state index contributed by atoms with van der Waals surface area (Å²) in [7, 11) is 0. The third-order valence-electron chi connectivity index (χ3n) is 4.95. The highest BCUT2D eigenvalue weighted by Gasteiger charge is 2.35. The Morgan fingerprint density at radius 3 is 2.67 bits per heavy atom. The number of aryl methyl sites for hydroxylation is 1. The Morgan fingerprint density at radius 1 is 1.42 bits per heavy atom. The minimum Gasteiger partial charge on any atom is -0.480 e. The number of rotatable bonds is 3. The molecular weight excluding hydrogens is 324 g/mol. The molecule has 0 spiro atoms. The van der Waals surface area contributed by atoms with E-state index in [1.54, 1.807) is 25.2 Å². The molecule has 6 heteroatoms. The number of nitrogens with zero attached hydrogens (tertiary/aromatic N) is 2. The first-order valence-corrected chi connectivity index (χ1v) is 9.27. The van der Waals surface area contributed by atoms with Crippen LogP contribution in [0.25, 0.3) is 10.2 Å². The van der Waals surface area contributed by atoms with Crippen LogP contribution in [0.4, 0.5) is 0 Å². The van der Waals surface area contributed by atoms with Crippen LogP contribution in [-0.2, 0) is 23.2 Å². The highest BCUT2D eigenvalue weighted by Crippen LogP contribution is 2.37. The van der Waals surface area contributed by atoms with Crippen LogP contribution >= 0.6 is 11.3 Å². The zero-order valence-corrected chi connectivity index (χ0v) is 15.7. The predicted octanol–water partition coefficient (Wildman–Crippen LogP) is 3.53. The second kappa shape index (κ2) is 5.69. The first kappa shape index (κ1) is 17.1. The number of carboxylic acids is 1. The van der Waals surface area contributed by atoms with Gasteiger partial charge in [0.05, 0.1) is 5.39 Å². The van der Waals surface area contributed by atoms with E-state index in [1.807, 2.05) is 13.8 Å². The van der Waals surface area contributed by atoms with Crippen LogP contribution in [0.5, 0.6) is 0 Å². The van der Waals surface area contributed by atoms with E-state index in [0.29, 0.717) is 17.1 Å². The molecule has 2 heterocycles. The Hall–Kier alpha value is -1.69. The quantitative estimate of drug-likeness (QED) is 0.921. The summed E-state index contributed by atoms with van der Waals surface area (Å²) in [6.45, 7) is 9.25. The van der Waals surface area contributed by atoms with E-state index in [1.165, 1.54) is 9.44 Å². The van der Waals surface area contributed by atoms with Crippen LogP contribution in [0.15, 0.2) is 4.79 Å². The predicted molar refractivity (Wildman–Crippen MR) is 96.1 cm³/mol. The summed E-state index contributed by atoms with van der Waals surface area (Å²) in [5.74, 6) is 0.114. The molecule has 0 saturated heterocycles. The van der Waals surface area contributed by atoms with Gasteiger partial charge in [0.2, 0.25) is 0 Å². The summed E-state index contributed by atoms with van der Waals surface area (Å²) in [5.41, 5.74) is -0.437. The minimum absolute atomic E-state index is 0.0289. The SMILES string of the molecule is CC1CCc2c(sc3nc(C(C)C)n(C(C)(C)C(=O)O)c(=O)c23)C1. The summed E-state index contributed by atoms with van der Waals surface area (Å²) < 4.78 is 1.40. The molecule has 1 N–H and O–H groups in total. The summed E-state index contributed by atoms with van der Waals surface area (Å²) >= 11 is 1.61. The molecule has 1 aliphatic rings. The lowest BCUT2D eigenvalue weighted by Gasteiger charge is -2.27. The Labute approximate surface area is 145 Å². The molecule has 1 atom stereocenters. The van der Waals surface area contributed by atoms with Crippen molar-refractivity contribution in [2.24, 2.45) is 5.92 Å². The fourth-order valence-electron chi connectivity index (χ4n) is 3.43. The number of hydrogen-bond donors (Lipinski definition) is 1. The zero-order chi connectivity index (χ0) is 17.8.